The largest absolute Gasteiger partial charge is 0.339 e. The normalized spacial score (nSPS) is 10.7. The topological polar surface area (TPSA) is 68.0 Å². The summed E-state index contributed by atoms with van der Waals surface area (Å²) in [5, 5.41) is 10.8. The number of anilines is 1. The Kier molecular flexibility index (Phi) is 4.41. The van der Waals surface area contributed by atoms with E-state index < -0.39 is 0 Å². The predicted octanol–water partition coefficient (Wildman–Crippen LogP) is 4.70. The summed E-state index contributed by atoms with van der Waals surface area (Å²) in [6.07, 6.45) is 0.458. The fourth-order valence-corrected chi connectivity index (χ4v) is 3.65. The number of amides is 1. The van der Waals surface area contributed by atoms with Gasteiger partial charge in [-0.15, -0.1) is 22.7 Å². The van der Waals surface area contributed by atoms with Crippen molar-refractivity contribution in [1.29, 1.82) is 0 Å². The maximum Gasteiger partial charge on any atom is 0.265 e. The molecular weight excluding hydrogens is 354 g/mol. The second kappa shape index (κ2) is 7.00. The average molecular weight is 367 g/mol. The summed E-state index contributed by atoms with van der Waals surface area (Å²) in [4.78, 5) is 18.4. The fourth-order valence-electron chi connectivity index (χ4n) is 2.38. The highest BCUT2D eigenvalue weighted by molar-refractivity contribution is 7.13. The van der Waals surface area contributed by atoms with Crippen molar-refractivity contribution in [2.24, 2.45) is 0 Å². The third-order valence-corrected chi connectivity index (χ3v) is 5.30. The minimum atomic E-state index is -0.118. The molecule has 0 unspecified atom stereocenters. The standard InChI is InChI=1S/C18H13N3O2S2/c22-18(15-8-4-10-25-15)19-13-6-2-1-5-12(13)11-16-20-17(21-23-16)14-7-3-9-24-14/h1-10H,11H2,(H,19,22). The molecule has 0 radical (unpaired) electrons. The molecule has 5 nitrogen and oxygen atoms in total. The Bertz CT molecular complexity index is 976. The molecule has 3 aromatic heterocycles. The van der Waals surface area contributed by atoms with Gasteiger partial charge >= 0.3 is 0 Å². The second-order valence-electron chi connectivity index (χ2n) is 5.25. The first-order chi connectivity index (χ1) is 12.3. The highest BCUT2D eigenvalue weighted by Crippen LogP contribution is 2.24. The summed E-state index contributed by atoms with van der Waals surface area (Å²) in [6.45, 7) is 0. The van der Waals surface area contributed by atoms with Crippen LogP contribution in [0.4, 0.5) is 5.69 Å². The molecule has 124 valence electrons. The van der Waals surface area contributed by atoms with E-state index in [9.17, 15) is 4.79 Å². The Hall–Kier alpha value is -2.77. The van der Waals surface area contributed by atoms with Crippen molar-refractivity contribution in [2.45, 2.75) is 6.42 Å². The molecule has 7 heteroatoms. The van der Waals surface area contributed by atoms with Gasteiger partial charge in [-0.2, -0.15) is 4.98 Å². The molecule has 1 aromatic carbocycles. The molecule has 0 fully saturated rings. The number of benzene rings is 1. The van der Waals surface area contributed by atoms with E-state index >= 15 is 0 Å². The van der Waals surface area contributed by atoms with Gasteiger partial charge in [0.05, 0.1) is 16.2 Å². The molecule has 3 heterocycles. The Morgan fingerprint density at radius 1 is 1.04 bits per heavy atom. The maximum absolute atomic E-state index is 12.3. The van der Waals surface area contributed by atoms with Crippen molar-refractivity contribution < 1.29 is 9.32 Å². The molecule has 4 rings (SSSR count). The Morgan fingerprint density at radius 3 is 2.68 bits per heavy atom. The SMILES string of the molecule is O=C(Nc1ccccc1Cc1nc(-c2cccs2)no1)c1cccs1. The summed E-state index contributed by atoms with van der Waals surface area (Å²) in [7, 11) is 0. The first-order valence-corrected chi connectivity index (χ1v) is 9.35. The number of hydrogen-bond acceptors (Lipinski definition) is 6. The molecule has 0 atom stereocenters. The summed E-state index contributed by atoms with van der Waals surface area (Å²) in [5.74, 6) is 0.985. The van der Waals surface area contributed by atoms with Crippen molar-refractivity contribution in [1.82, 2.24) is 10.1 Å². The smallest absolute Gasteiger partial charge is 0.265 e. The average Bonchev–Trinajstić information content (AvgIpc) is 3.38. The lowest BCUT2D eigenvalue weighted by molar-refractivity contribution is 0.103. The molecule has 0 spiro atoms. The van der Waals surface area contributed by atoms with Crippen LogP contribution in [0.3, 0.4) is 0 Å². The molecule has 0 bridgehead atoms. The minimum absolute atomic E-state index is 0.118. The van der Waals surface area contributed by atoms with E-state index in [1.807, 2.05) is 53.2 Å². The van der Waals surface area contributed by atoms with Crippen LogP contribution >= 0.6 is 22.7 Å². The number of carbonyl (C=O) groups excluding carboxylic acids is 1. The van der Waals surface area contributed by atoms with Gasteiger partial charge < -0.3 is 9.84 Å². The van der Waals surface area contributed by atoms with E-state index in [2.05, 4.69) is 15.5 Å². The van der Waals surface area contributed by atoms with E-state index in [1.54, 1.807) is 17.4 Å². The molecule has 0 aliphatic rings. The van der Waals surface area contributed by atoms with Crippen LogP contribution < -0.4 is 5.32 Å². The molecule has 1 N–H and O–H groups in total. The Balaban J connectivity index is 1.54. The van der Waals surface area contributed by atoms with Gasteiger partial charge in [0.2, 0.25) is 11.7 Å². The lowest BCUT2D eigenvalue weighted by Gasteiger charge is -2.08. The summed E-state index contributed by atoms with van der Waals surface area (Å²) in [5.41, 5.74) is 1.67. The van der Waals surface area contributed by atoms with Gasteiger partial charge in [-0.3, -0.25) is 4.79 Å². The van der Waals surface area contributed by atoms with Gasteiger partial charge in [0, 0.05) is 5.69 Å². The zero-order valence-corrected chi connectivity index (χ0v) is 14.6. The Morgan fingerprint density at radius 2 is 1.88 bits per heavy atom. The molecular formula is C18H13N3O2S2. The van der Waals surface area contributed by atoms with Crippen LogP contribution in [0.15, 0.2) is 63.8 Å². The van der Waals surface area contributed by atoms with Gasteiger partial charge in [-0.25, -0.2) is 0 Å². The van der Waals surface area contributed by atoms with Crippen LogP contribution in [0.2, 0.25) is 0 Å². The highest BCUT2D eigenvalue weighted by Gasteiger charge is 2.14. The van der Waals surface area contributed by atoms with Crippen LogP contribution in [0.25, 0.3) is 10.7 Å². The first-order valence-electron chi connectivity index (χ1n) is 7.59. The zero-order chi connectivity index (χ0) is 17.1. The number of carbonyl (C=O) groups is 1. The Labute approximate surface area is 152 Å². The van der Waals surface area contributed by atoms with Crippen LogP contribution in [-0.2, 0) is 6.42 Å². The van der Waals surface area contributed by atoms with Crippen molar-refractivity contribution >= 4 is 34.3 Å². The van der Waals surface area contributed by atoms with Gasteiger partial charge in [-0.1, -0.05) is 35.5 Å². The number of para-hydroxylation sites is 1. The van der Waals surface area contributed by atoms with E-state index in [0.29, 0.717) is 23.0 Å². The number of rotatable bonds is 5. The summed E-state index contributed by atoms with van der Waals surface area (Å²) < 4.78 is 5.36. The van der Waals surface area contributed by atoms with Gasteiger partial charge in [0.25, 0.3) is 5.91 Å². The number of nitrogens with one attached hydrogen (secondary N) is 1. The van der Waals surface area contributed by atoms with E-state index in [4.69, 9.17) is 4.52 Å². The second-order valence-corrected chi connectivity index (χ2v) is 7.15. The van der Waals surface area contributed by atoms with Crippen LogP contribution in [0.5, 0.6) is 0 Å². The van der Waals surface area contributed by atoms with Crippen LogP contribution in [0, 0.1) is 0 Å². The van der Waals surface area contributed by atoms with Crippen molar-refractivity contribution in [3.05, 3.63) is 75.6 Å². The quantitative estimate of drug-likeness (QED) is 0.555. The molecule has 0 aliphatic carbocycles. The number of aromatic nitrogens is 2. The number of hydrogen-bond donors (Lipinski definition) is 1. The lowest BCUT2D eigenvalue weighted by Crippen LogP contribution is -2.11. The van der Waals surface area contributed by atoms with Crippen LogP contribution in [0.1, 0.15) is 21.1 Å². The molecule has 4 aromatic rings. The molecule has 0 aliphatic heterocycles. The predicted molar refractivity (Wildman–Crippen MR) is 99.1 cm³/mol. The third kappa shape index (κ3) is 3.52. The van der Waals surface area contributed by atoms with Crippen molar-refractivity contribution in [3.63, 3.8) is 0 Å². The fraction of sp³-hybridized carbons (Fsp3) is 0.0556. The van der Waals surface area contributed by atoms with Gasteiger partial charge in [0.15, 0.2) is 0 Å². The third-order valence-electron chi connectivity index (χ3n) is 3.56. The zero-order valence-electron chi connectivity index (χ0n) is 13.0. The lowest BCUT2D eigenvalue weighted by atomic mass is 10.1. The van der Waals surface area contributed by atoms with Gasteiger partial charge in [-0.05, 0) is 34.5 Å². The summed E-state index contributed by atoms with van der Waals surface area (Å²) >= 11 is 2.98. The van der Waals surface area contributed by atoms with Crippen molar-refractivity contribution in [3.8, 4) is 10.7 Å². The molecule has 0 saturated carbocycles. The van der Waals surface area contributed by atoms with E-state index in [0.717, 1.165) is 16.1 Å². The molecule has 25 heavy (non-hydrogen) atoms. The highest BCUT2D eigenvalue weighted by atomic mass is 32.1. The van der Waals surface area contributed by atoms with Crippen LogP contribution in [-0.4, -0.2) is 16.0 Å². The van der Waals surface area contributed by atoms with Crippen molar-refractivity contribution in [2.75, 3.05) is 5.32 Å². The van der Waals surface area contributed by atoms with Gasteiger partial charge in [0.1, 0.15) is 0 Å². The minimum Gasteiger partial charge on any atom is -0.339 e. The maximum atomic E-state index is 12.3. The summed E-state index contributed by atoms with van der Waals surface area (Å²) in [6, 6.07) is 15.2. The molecule has 1 amide bonds. The molecule has 0 saturated heterocycles. The number of thiophene rings is 2. The first kappa shape index (κ1) is 15.7. The monoisotopic (exact) mass is 367 g/mol. The number of nitrogens with zero attached hydrogens (tertiary/aromatic N) is 2. The van der Waals surface area contributed by atoms with E-state index in [-0.39, 0.29) is 5.91 Å². The van der Waals surface area contributed by atoms with E-state index in [1.165, 1.54) is 11.3 Å².